The molecule has 2 rings (SSSR count). The Hall–Kier alpha value is -1.16. The fourth-order valence-corrected chi connectivity index (χ4v) is 2.08. The normalized spacial score (nSPS) is 11.2. The smallest absolute Gasteiger partial charge is 0.158 e. The van der Waals surface area contributed by atoms with Crippen LogP contribution in [0.25, 0.3) is 11.0 Å². The highest BCUT2D eigenvalue weighted by Gasteiger charge is 2.13. The Morgan fingerprint density at radius 3 is 2.62 bits per heavy atom. The van der Waals surface area contributed by atoms with Gasteiger partial charge in [-0.25, -0.2) is 9.97 Å². The molecule has 0 aromatic carbocycles. The summed E-state index contributed by atoms with van der Waals surface area (Å²) in [7, 11) is 0. The molecular weight excluding hydrogens is 224 g/mol. The average Bonchev–Trinajstić information content (AvgIpc) is 2.57. The van der Waals surface area contributed by atoms with Crippen LogP contribution in [-0.2, 0) is 13.0 Å². The summed E-state index contributed by atoms with van der Waals surface area (Å²) in [6, 6.07) is 0. The molecule has 16 heavy (non-hydrogen) atoms. The third-order valence-electron chi connectivity index (χ3n) is 2.53. The van der Waals surface area contributed by atoms with Crippen molar-refractivity contribution >= 4 is 22.6 Å². The molecule has 4 nitrogen and oxygen atoms in total. The first-order valence-corrected chi connectivity index (χ1v) is 5.94. The molecule has 5 heteroatoms. The number of nitrogens with zero attached hydrogens (tertiary/aromatic N) is 4. The molecule has 2 aromatic rings. The summed E-state index contributed by atoms with van der Waals surface area (Å²) in [5.41, 5.74) is 2.64. The van der Waals surface area contributed by atoms with Crippen LogP contribution in [0.3, 0.4) is 0 Å². The standard InChI is InChI=1S/C11H15ClN4/c1-4-6-8-13-9-7(3)15-16(5-2)10(9)11(12)14-8/h4-6H2,1-3H3. The van der Waals surface area contributed by atoms with Gasteiger partial charge in [0.25, 0.3) is 0 Å². The zero-order chi connectivity index (χ0) is 11.7. The molecule has 0 saturated heterocycles. The third kappa shape index (κ3) is 1.78. The van der Waals surface area contributed by atoms with Crippen molar-refractivity contribution in [3.63, 3.8) is 0 Å². The van der Waals surface area contributed by atoms with E-state index in [1.54, 1.807) is 0 Å². The van der Waals surface area contributed by atoms with Crippen molar-refractivity contribution in [2.45, 2.75) is 40.2 Å². The van der Waals surface area contributed by atoms with Gasteiger partial charge in [0.1, 0.15) is 16.9 Å². The zero-order valence-electron chi connectivity index (χ0n) is 9.79. The molecule has 2 heterocycles. The number of hydrogen-bond acceptors (Lipinski definition) is 3. The quantitative estimate of drug-likeness (QED) is 0.773. The molecule has 2 aromatic heterocycles. The monoisotopic (exact) mass is 238 g/mol. The maximum atomic E-state index is 6.18. The van der Waals surface area contributed by atoms with Crippen LogP contribution in [0.2, 0.25) is 5.15 Å². The summed E-state index contributed by atoms with van der Waals surface area (Å²) in [6.45, 7) is 6.86. The molecular formula is C11H15ClN4. The molecule has 0 aliphatic carbocycles. The molecule has 0 amide bonds. The van der Waals surface area contributed by atoms with E-state index in [1.807, 2.05) is 18.5 Å². The van der Waals surface area contributed by atoms with Gasteiger partial charge >= 0.3 is 0 Å². The molecule has 0 atom stereocenters. The van der Waals surface area contributed by atoms with E-state index in [0.717, 1.165) is 41.9 Å². The van der Waals surface area contributed by atoms with E-state index in [-0.39, 0.29) is 0 Å². The highest BCUT2D eigenvalue weighted by molar-refractivity contribution is 6.33. The SMILES string of the molecule is CCCc1nc(Cl)c2c(n1)c(C)nn2CC. The van der Waals surface area contributed by atoms with Crippen LogP contribution in [0.1, 0.15) is 31.8 Å². The largest absolute Gasteiger partial charge is 0.260 e. The lowest BCUT2D eigenvalue weighted by Crippen LogP contribution is -2.00. The van der Waals surface area contributed by atoms with Crippen molar-refractivity contribution in [3.8, 4) is 0 Å². The molecule has 0 spiro atoms. The highest BCUT2D eigenvalue weighted by atomic mass is 35.5. The van der Waals surface area contributed by atoms with Gasteiger partial charge in [0, 0.05) is 13.0 Å². The average molecular weight is 239 g/mol. The van der Waals surface area contributed by atoms with Crippen LogP contribution in [0.4, 0.5) is 0 Å². The lowest BCUT2D eigenvalue weighted by Gasteiger charge is -2.02. The van der Waals surface area contributed by atoms with Crippen LogP contribution >= 0.6 is 11.6 Å². The number of hydrogen-bond donors (Lipinski definition) is 0. The summed E-state index contributed by atoms with van der Waals surface area (Å²) in [5, 5.41) is 4.91. The molecule has 0 aliphatic heterocycles. The number of fused-ring (bicyclic) bond motifs is 1. The van der Waals surface area contributed by atoms with Crippen LogP contribution in [0.15, 0.2) is 0 Å². The van der Waals surface area contributed by atoms with Crippen molar-refractivity contribution in [2.24, 2.45) is 0 Å². The van der Waals surface area contributed by atoms with Gasteiger partial charge in [-0.3, -0.25) is 4.68 Å². The van der Waals surface area contributed by atoms with E-state index in [2.05, 4.69) is 22.0 Å². The maximum absolute atomic E-state index is 6.18. The van der Waals surface area contributed by atoms with Gasteiger partial charge in [-0.05, 0) is 20.3 Å². The first-order chi connectivity index (χ1) is 7.67. The number of rotatable bonds is 3. The van der Waals surface area contributed by atoms with E-state index in [1.165, 1.54) is 0 Å². The lowest BCUT2D eigenvalue weighted by atomic mass is 10.3. The molecule has 86 valence electrons. The number of aryl methyl sites for hydroxylation is 3. The van der Waals surface area contributed by atoms with E-state index in [9.17, 15) is 0 Å². The summed E-state index contributed by atoms with van der Waals surface area (Å²) < 4.78 is 1.85. The minimum absolute atomic E-state index is 0.510. The van der Waals surface area contributed by atoms with Crippen molar-refractivity contribution in [2.75, 3.05) is 0 Å². The molecule has 0 bridgehead atoms. The second-order valence-corrected chi connectivity index (χ2v) is 4.14. The first-order valence-electron chi connectivity index (χ1n) is 5.56. The Labute approximate surface area is 99.7 Å². The van der Waals surface area contributed by atoms with Crippen LogP contribution < -0.4 is 0 Å². The van der Waals surface area contributed by atoms with Gasteiger partial charge in [0.2, 0.25) is 0 Å². The fourth-order valence-electron chi connectivity index (χ4n) is 1.79. The highest BCUT2D eigenvalue weighted by Crippen LogP contribution is 2.23. The predicted octanol–water partition coefficient (Wildman–Crippen LogP) is 2.76. The van der Waals surface area contributed by atoms with E-state index in [0.29, 0.717) is 5.15 Å². The molecule has 0 N–H and O–H groups in total. The topological polar surface area (TPSA) is 43.6 Å². The maximum Gasteiger partial charge on any atom is 0.158 e. The van der Waals surface area contributed by atoms with Gasteiger partial charge < -0.3 is 0 Å². The fraction of sp³-hybridized carbons (Fsp3) is 0.545. The molecule has 0 aliphatic rings. The van der Waals surface area contributed by atoms with E-state index in [4.69, 9.17) is 11.6 Å². The summed E-state index contributed by atoms with van der Waals surface area (Å²) >= 11 is 6.18. The van der Waals surface area contributed by atoms with Crippen molar-refractivity contribution in [1.82, 2.24) is 19.7 Å². The van der Waals surface area contributed by atoms with E-state index < -0.39 is 0 Å². The minimum Gasteiger partial charge on any atom is -0.260 e. The van der Waals surface area contributed by atoms with E-state index >= 15 is 0 Å². The van der Waals surface area contributed by atoms with Gasteiger partial charge in [-0.15, -0.1) is 0 Å². The Morgan fingerprint density at radius 1 is 1.25 bits per heavy atom. The summed E-state index contributed by atoms with van der Waals surface area (Å²) in [5.74, 6) is 0.804. The second kappa shape index (κ2) is 4.37. The zero-order valence-corrected chi connectivity index (χ0v) is 10.5. The van der Waals surface area contributed by atoms with Gasteiger partial charge in [-0.1, -0.05) is 18.5 Å². The van der Waals surface area contributed by atoms with Crippen LogP contribution in [-0.4, -0.2) is 19.7 Å². The molecule has 0 fully saturated rings. The van der Waals surface area contributed by atoms with Crippen molar-refractivity contribution < 1.29 is 0 Å². The Bertz CT molecular complexity index is 518. The minimum atomic E-state index is 0.510. The molecule has 0 saturated carbocycles. The van der Waals surface area contributed by atoms with Crippen LogP contribution in [0, 0.1) is 6.92 Å². The van der Waals surface area contributed by atoms with Crippen molar-refractivity contribution in [3.05, 3.63) is 16.7 Å². The van der Waals surface area contributed by atoms with Gasteiger partial charge in [0.05, 0.1) is 5.69 Å². The predicted molar refractivity (Wildman–Crippen MR) is 64.7 cm³/mol. The lowest BCUT2D eigenvalue weighted by molar-refractivity contribution is 0.675. The summed E-state index contributed by atoms with van der Waals surface area (Å²) in [4.78, 5) is 8.82. The third-order valence-corrected chi connectivity index (χ3v) is 2.80. The molecule has 0 unspecified atom stereocenters. The number of aromatic nitrogens is 4. The van der Waals surface area contributed by atoms with Gasteiger partial charge in [0.15, 0.2) is 5.15 Å². The Morgan fingerprint density at radius 2 is 2.00 bits per heavy atom. The number of halogens is 1. The van der Waals surface area contributed by atoms with Gasteiger partial charge in [-0.2, -0.15) is 5.10 Å². The Kier molecular flexibility index (Phi) is 3.10. The van der Waals surface area contributed by atoms with Crippen molar-refractivity contribution in [1.29, 1.82) is 0 Å². The second-order valence-electron chi connectivity index (χ2n) is 3.78. The van der Waals surface area contributed by atoms with Crippen LogP contribution in [0.5, 0.6) is 0 Å². The summed E-state index contributed by atoms with van der Waals surface area (Å²) in [6.07, 6.45) is 1.87. The molecule has 0 radical (unpaired) electrons. The first kappa shape index (κ1) is 11.3. The Balaban J connectivity index is 2.68.